The van der Waals surface area contributed by atoms with Crippen molar-refractivity contribution < 1.29 is 18.7 Å². The van der Waals surface area contributed by atoms with Crippen molar-refractivity contribution in [1.29, 1.82) is 0 Å². The van der Waals surface area contributed by atoms with E-state index < -0.39 is 5.82 Å². The number of halogens is 1. The number of benzene rings is 1. The van der Waals surface area contributed by atoms with Crippen LogP contribution in [0, 0.1) is 5.82 Å². The topological polar surface area (TPSA) is 113 Å². The van der Waals surface area contributed by atoms with Crippen LogP contribution in [0.2, 0.25) is 0 Å². The molecule has 194 valence electrons. The molecule has 0 spiro atoms. The number of methoxy groups -OCH3 is 1. The van der Waals surface area contributed by atoms with E-state index in [0.29, 0.717) is 59.1 Å². The number of nitrogens with zero attached hydrogens (tertiary/aromatic N) is 2. The lowest BCUT2D eigenvalue weighted by molar-refractivity contribution is 0.0941. The highest BCUT2D eigenvalue weighted by molar-refractivity contribution is 6.08. The van der Waals surface area contributed by atoms with Gasteiger partial charge in [0, 0.05) is 42.5 Å². The van der Waals surface area contributed by atoms with Crippen LogP contribution in [0.5, 0.6) is 11.6 Å². The predicted molar refractivity (Wildman–Crippen MR) is 143 cm³/mol. The average Bonchev–Trinajstić information content (AvgIpc) is 3.29. The van der Waals surface area contributed by atoms with E-state index in [2.05, 4.69) is 32.0 Å². The van der Waals surface area contributed by atoms with E-state index in [-0.39, 0.29) is 23.7 Å². The number of nitrogens with one attached hydrogen (secondary N) is 4. The van der Waals surface area contributed by atoms with Gasteiger partial charge < -0.3 is 30.4 Å². The third-order valence-corrected chi connectivity index (χ3v) is 6.88. The number of amides is 1. The van der Waals surface area contributed by atoms with Crippen molar-refractivity contribution in [2.45, 2.75) is 18.4 Å². The molecule has 1 aromatic carbocycles. The number of fused-ring (bicyclic) bond motifs is 3. The maximum atomic E-state index is 14.6. The lowest BCUT2D eigenvalue weighted by Gasteiger charge is -2.23. The van der Waals surface area contributed by atoms with E-state index in [0.717, 1.165) is 11.3 Å². The molecule has 2 atom stereocenters. The van der Waals surface area contributed by atoms with Gasteiger partial charge >= 0.3 is 0 Å². The molecule has 0 unspecified atom stereocenters. The predicted octanol–water partition coefficient (Wildman–Crippen LogP) is 4.27. The summed E-state index contributed by atoms with van der Waals surface area (Å²) in [4.78, 5) is 26.1. The van der Waals surface area contributed by atoms with Gasteiger partial charge in [0.15, 0.2) is 11.6 Å². The molecule has 2 aliphatic heterocycles. The summed E-state index contributed by atoms with van der Waals surface area (Å²) in [5, 5.41) is 9.48. The highest BCUT2D eigenvalue weighted by atomic mass is 19.1. The third kappa shape index (κ3) is 4.12. The van der Waals surface area contributed by atoms with Crippen LogP contribution in [0.15, 0.2) is 54.7 Å². The first-order valence-electron chi connectivity index (χ1n) is 12.4. The normalized spacial score (nSPS) is 19.1. The van der Waals surface area contributed by atoms with Gasteiger partial charge in [-0.3, -0.25) is 9.78 Å². The van der Waals surface area contributed by atoms with Crippen molar-refractivity contribution in [1.82, 2.24) is 25.6 Å². The molecule has 9 nitrogen and oxygen atoms in total. The Morgan fingerprint density at radius 2 is 2.13 bits per heavy atom. The van der Waals surface area contributed by atoms with Crippen LogP contribution in [0.3, 0.4) is 0 Å². The Balaban J connectivity index is 1.61. The van der Waals surface area contributed by atoms with Crippen LogP contribution in [-0.4, -0.2) is 54.2 Å². The summed E-state index contributed by atoms with van der Waals surface area (Å²) in [5.41, 5.74) is 4.87. The Bertz CT molecular complexity index is 1570. The van der Waals surface area contributed by atoms with Gasteiger partial charge in [0.05, 0.1) is 35.3 Å². The van der Waals surface area contributed by atoms with E-state index in [1.807, 2.05) is 25.3 Å². The van der Waals surface area contributed by atoms with Gasteiger partial charge in [-0.1, -0.05) is 12.1 Å². The average molecular weight is 515 g/mol. The molecule has 4 aromatic rings. The number of anilines is 2. The van der Waals surface area contributed by atoms with Crippen LogP contribution in [0.1, 0.15) is 28.4 Å². The zero-order valence-corrected chi connectivity index (χ0v) is 21.0. The number of aromatic amines is 1. The highest BCUT2D eigenvalue weighted by Gasteiger charge is 2.33. The fraction of sp³-hybridized carbons (Fsp3) is 0.250. The molecule has 0 aliphatic carbocycles. The van der Waals surface area contributed by atoms with Crippen LogP contribution >= 0.6 is 0 Å². The van der Waals surface area contributed by atoms with Crippen molar-refractivity contribution in [2.75, 3.05) is 32.6 Å². The molecule has 4 N–H and O–H groups in total. The molecular formula is C28H27FN6O3. The second-order valence-electron chi connectivity index (χ2n) is 9.27. The molecule has 1 amide bonds. The fourth-order valence-electron chi connectivity index (χ4n) is 5.12. The van der Waals surface area contributed by atoms with Crippen LogP contribution in [0.4, 0.5) is 15.8 Å². The minimum Gasteiger partial charge on any atom is -0.492 e. The molecule has 0 saturated carbocycles. The van der Waals surface area contributed by atoms with E-state index in [4.69, 9.17) is 14.5 Å². The number of carbonyl (C=O) groups excluding carboxylic acids is 1. The standard InChI is InChI=1S/C28H27FN6O3/c1-30-14-16-6-3-5-15-13-32-28(36)22-23(15)35-25(26(22)33-20-8-4-7-18(29)27(20)37-2)17-11-12-31-19-9-10-21(38-16)34-24(17)19/h3-4,6-12,15-16,30,33,35H,5,13-14H2,1-2H3,(H,32,36)/b6-3-/t15-,16-/m0/s1. The number of hydrogen-bond acceptors (Lipinski definition) is 7. The van der Waals surface area contributed by atoms with E-state index in [1.165, 1.54) is 13.2 Å². The Morgan fingerprint density at radius 1 is 1.24 bits per heavy atom. The molecule has 5 heterocycles. The summed E-state index contributed by atoms with van der Waals surface area (Å²) in [6, 6.07) is 10.1. The van der Waals surface area contributed by atoms with Crippen molar-refractivity contribution >= 4 is 28.3 Å². The van der Waals surface area contributed by atoms with E-state index in [9.17, 15) is 9.18 Å². The molecule has 4 bridgehead atoms. The van der Waals surface area contributed by atoms with Crippen molar-refractivity contribution in [3.05, 3.63) is 71.8 Å². The first kappa shape index (κ1) is 23.9. The lowest BCUT2D eigenvalue weighted by atomic mass is 9.93. The maximum Gasteiger partial charge on any atom is 0.255 e. The number of allylic oxidation sites excluding steroid dienone is 1. The van der Waals surface area contributed by atoms with Gasteiger partial charge in [0.1, 0.15) is 11.6 Å². The maximum absolute atomic E-state index is 14.6. The largest absolute Gasteiger partial charge is 0.492 e. The Hall–Kier alpha value is -4.44. The number of ether oxygens (including phenoxy) is 2. The molecule has 2 aliphatic rings. The number of para-hydroxylation sites is 1. The fourth-order valence-corrected chi connectivity index (χ4v) is 5.12. The summed E-state index contributed by atoms with van der Waals surface area (Å²) in [6.07, 6.45) is 6.24. The summed E-state index contributed by atoms with van der Waals surface area (Å²) in [5.74, 6) is -0.205. The SMILES string of the molecule is CNC[C@@H]1/C=C\C[C@H]2CNC(=O)c3c2[nH]c(c3Nc2cccc(F)c2OC)-c2ccnc3ccc(nc23)O1. The lowest BCUT2D eigenvalue weighted by Crippen LogP contribution is -2.35. The van der Waals surface area contributed by atoms with Crippen molar-refractivity contribution in [3.8, 4) is 22.9 Å². The monoisotopic (exact) mass is 514 g/mol. The van der Waals surface area contributed by atoms with Gasteiger partial charge in [0.2, 0.25) is 5.88 Å². The highest BCUT2D eigenvalue weighted by Crippen LogP contribution is 2.43. The molecule has 10 heteroatoms. The van der Waals surface area contributed by atoms with Gasteiger partial charge in [-0.05, 0) is 43.8 Å². The second-order valence-corrected chi connectivity index (χ2v) is 9.27. The minimum absolute atomic E-state index is 0.00737. The summed E-state index contributed by atoms with van der Waals surface area (Å²) in [7, 11) is 3.28. The van der Waals surface area contributed by atoms with Crippen LogP contribution < -0.4 is 25.4 Å². The van der Waals surface area contributed by atoms with Gasteiger partial charge in [0.25, 0.3) is 5.91 Å². The zero-order valence-electron chi connectivity index (χ0n) is 21.0. The number of rotatable bonds is 5. The number of hydrogen-bond donors (Lipinski definition) is 4. The number of H-pyrrole nitrogens is 1. The number of carbonyl (C=O) groups is 1. The molecule has 0 saturated heterocycles. The summed E-state index contributed by atoms with van der Waals surface area (Å²) in [6.45, 7) is 1.09. The molecule has 0 radical (unpaired) electrons. The van der Waals surface area contributed by atoms with Gasteiger partial charge in [-0.15, -0.1) is 0 Å². The van der Waals surface area contributed by atoms with E-state index >= 15 is 0 Å². The summed E-state index contributed by atoms with van der Waals surface area (Å²) >= 11 is 0. The Labute approximate surface area is 218 Å². The number of pyridine rings is 2. The summed E-state index contributed by atoms with van der Waals surface area (Å²) < 4.78 is 26.1. The van der Waals surface area contributed by atoms with Crippen molar-refractivity contribution in [3.63, 3.8) is 0 Å². The van der Waals surface area contributed by atoms with Crippen LogP contribution in [0.25, 0.3) is 22.3 Å². The Morgan fingerprint density at radius 3 is 2.97 bits per heavy atom. The van der Waals surface area contributed by atoms with Gasteiger partial charge in [-0.2, -0.15) is 0 Å². The number of likely N-dealkylation sites (N-methyl/N-ethyl adjacent to an activating group) is 1. The molecule has 0 fully saturated rings. The molecule has 6 rings (SSSR count). The molecule has 3 aromatic heterocycles. The molecule has 38 heavy (non-hydrogen) atoms. The smallest absolute Gasteiger partial charge is 0.255 e. The quantitative estimate of drug-likeness (QED) is 0.294. The third-order valence-electron chi connectivity index (χ3n) is 6.88. The first-order chi connectivity index (χ1) is 18.6. The minimum atomic E-state index is -0.507. The number of aromatic nitrogens is 3. The second kappa shape index (κ2) is 9.79. The Kier molecular flexibility index (Phi) is 6.16. The molecular weight excluding hydrogens is 487 g/mol. The zero-order chi connectivity index (χ0) is 26.2. The van der Waals surface area contributed by atoms with Crippen molar-refractivity contribution in [2.24, 2.45) is 0 Å². The first-order valence-corrected chi connectivity index (χ1v) is 12.4. The van der Waals surface area contributed by atoms with Crippen LogP contribution in [-0.2, 0) is 0 Å². The van der Waals surface area contributed by atoms with E-state index in [1.54, 1.807) is 24.4 Å². The van der Waals surface area contributed by atoms with Gasteiger partial charge in [-0.25, -0.2) is 9.37 Å².